The van der Waals surface area contributed by atoms with Crippen molar-refractivity contribution in [3.05, 3.63) is 47.5 Å². The molecule has 0 saturated carbocycles. The van der Waals surface area contributed by atoms with Crippen LogP contribution in [0.3, 0.4) is 0 Å². The van der Waals surface area contributed by atoms with Crippen molar-refractivity contribution in [1.82, 2.24) is 25.0 Å². The average molecular weight is 362 g/mol. The van der Waals surface area contributed by atoms with Crippen LogP contribution in [0.1, 0.15) is 23.3 Å². The molecule has 2 aliphatic rings. The molecule has 2 saturated heterocycles. The molecule has 1 amide bonds. The molecule has 0 bridgehead atoms. The van der Waals surface area contributed by atoms with Crippen molar-refractivity contribution in [3.8, 4) is 0 Å². The lowest BCUT2D eigenvalue weighted by Gasteiger charge is -2.28. The van der Waals surface area contributed by atoms with E-state index >= 15 is 0 Å². The van der Waals surface area contributed by atoms with Gasteiger partial charge in [0, 0.05) is 25.6 Å². The van der Waals surface area contributed by atoms with Crippen LogP contribution in [-0.4, -0.2) is 45.2 Å². The lowest BCUT2D eigenvalue weighted by atomic mass is 9.89. The quantitative estimate of drug-likeness (QED) is 0.904. The third-order valence-electron chi connectivity index (χ3n) is 5.27. The van der Waals surface area contributed by atoms with Crippen LogP contribution in [0.5, 0.6) is 0 Å². The van der Waals surface area contributed by atoms with Gasteiger partial charge in [0.15, 0.2) is 0 Å². The number of halogens is 1. The minimum atomic E-state index is 0. The summed E-state index contributed by atoms with van der Waals surface area (Å²) < 4.78 is 1.71. The molecule has 0 unspecified atom stereocenters. The van der Waals surface area contributed by atoms with E-state index < -0.39 is 0 Å². The van der Waals surface area contributed by atoms with Gasteiger partial charge in [-0.2, -0.15) is 5.10 Å². The van der Waals surface area contributed by atoms with Crippen molar-refractivity contribution in [2.24, 2.45) is 11.8 Å². The van der Waals surface area contributed by atoms with Crippen molar-refractivity contribution in [3.63, 3.8) is 0 Å². The molecule has 2 aliphatic heterocycles. The van der Waals surface area contributed by atoms with E-state index in [0.29, 0.717) is 17.7 Å². The van der Waals surface area contributed by atoms with E-state index in [9.17, 15) is 4.79 Å². The van der Waals surface area contributed by atoms with Crippen LogP contribution in [0, 0.1) is 25.7 Å². The van der Waals surface area contributed by atoms with E-state index in [2.05, 4.69) is 44.6 Å². The fourth-order valence-electron chi connectivity index (χ4n) is 4.18. The lowest BCUT2D eigenvalue weighted by Crippen LogP contribution is -2.37. The van der Waals surface area contributed by atoms with Crippen LogP contribution in [0.15, 0.2) is 30.3 Å². The average Bonchev–Trinajstić information content (AvgIpc) is 3.22. The Morgan fingerprint density at radius 2 is 2.00 bits per heavy atom. The van der Waals surface area contributed by atoms with Crippen LogP contribution < -0.4 is 5.32 Å². The molecule has 7 heteroatoms. The summed E-state index contributed by atoms with van der Waals surface area (Å²) in [5, 5.41) is 7.82. The molecule has 1 aromatic carbocycles. The van der Waals surface area contributed by atoms with Gasteiger partial charge in [0.2, 0.25) is 5.91 Å². The summed E-state index contributed by atoms with van der Waals surface area (Å²) in [4.78, 5) is 19.4. The molecule has 0 spiro atoms. The molecule has 2 aromatic rings. The topological polar surface area (TPSA) is 63.1 Å². The molecule has 6 nitrogen and oxygen atoms in total. The number of nitrogens with one attached hydrogen (secondary N) is 1. The molecule has 0 aliphatic carbocycles. The van der Waals surface area contributed by atoms with Gasteiger partial charge in [0.05, 0.1) is 6.04 Å². The number of aryl methyl sites for hydroxylation is 2. The normalized spacial score (nSPS) is 24.9. The molecule has 0 radical (unpaired) electrons. The summed E-state index contributed by atoms with van der Waals surface area (Å²) in [6.07, 6.45) is 0. The zero-order chi connectivity index (χ0) is 16.7. The molecular formula is C18H24ClN5O. The van der Waals surface area contributed by atoms with Crippen molar-refractivity contribution in [2.75, 3.05) is 19.6 Å². The van der Waals surface area contributed by atoms with Crippen LogP contribution in [0.2, 0.25) is 0 Å². The van der Waals surface area contributed by atoms with Crippen LogP contribution in [0.4, 0.5) is 0 Å². The monoisotopic (exact) mass is 361 g/mol. The maximum absolute atomic E-state index is 13.0. The third kappa shape index (κ3) is 3.28. The second kappa shape index (κ2) is 7.14. The number of hydrogen-bond donors (Lipinski definition) is 1. The Kier molecular flexibility index (Phi) is 5.11. The highest BCUT2D eigenvalue weighted by Gasteiger charge is 2.46. The smallest absolute Gasteiger partial charge is 0.244 e. The number of likely N-dealkylation sites (tertiary alicyclic amines) is 1. The van der Waals surface area contributed by atoms with Crippen LogP contribution >= 0.6 is 12.4 Å². The number of fused-ring (bicyclic) bond motifs is 1. The first-order chi connectivity index (χ1) is 11.6. The Labute approximate surface area is 154 Å². The Balaban J connectivity index is 0.00000182. The largest absolute Gasteiger partial charge is 0.333 e. The molecule has 25 heavy (non-hydrogen) atoms. The Bertz CT molecular complexity index is 747. The predicted octanol–water partition coefficient (Wildman–Crippen LogP) is 1.74. The summed E-state index contributed by atoms with van der Waals surface area (Å²) in [6, 6.07) is 10.6. The van der Waals surface area contributed by atoms with E-state index in [1.165, 1.54) is 5.56 Å². The summed E-state index contributed by atoms with van der Waals surface area (Å²) >= 11 is 0. The van der Waals surface area contributed by atoms with Gasteiger partial charge in [0.25, 0.3) is 0 Å². The SMILES string of the molecule is Cc1nc(C)n(CC(=O)N2C[C@@H]3CNC[C@@H]3[C@H]2c2ccccc2)n1.Cl. The molecule has 1 aromatic heterocycles. The first-order valence-corrected chi connectivity index (χ1v) is 8.56. The third-order valence-corrected chi connectivity index (χ3v) is 5.27. The van der Waals surface area contributed by atoms with E-state index in [1.54, 1.807) is 4.68 Å². The minimum Gasteiger partial charge on any atom is -0.333 e. The van der Waals surface area contributed by atoms with Crippen molar-refractivity contribution < 1.29 is 4.79 Å². The van der Waals surface area contributed by atoms with Gasteiger partial charge < -0.3 is 10.2 Å². The first kappa shape index (κ1) is 17.9. The van der Waals surface area contributed by atoms with E-state index in [1.807, 2.05) is 19.9 Å². The summed E-state index contributed by atoms with van der Waals surface area (Å²) in [7, 11) is 0. The molecule has 2 fully saturated rings. The number of carbonyl (C=O) groups excluding carboxylic acids is 1. The van der Waals surface area contributed by atoms with Crippen molar-refractivity contribution in [1.29, 1.82) is 0 Å². The lowest BCUT2D eigenvalue weighted by molar-refractivity contribution is -0.133. The molecule has 134 valence electrons. The number of aromatic nitrogens is 3. The van der Waals surface area contributed by atoms with E-state index in [0.717, 1.165) is 25.5 Å². The highest BCUT2D eigenvalue weighted by molar-refractivity contribution is 5.85. The van der Waals surface area contributed by atoms with Gasteiger partial charge in [-0.15, -0.1) is 12.4 Å². The zero-order valence-electron chi connectivity index (χ0n) is 14.6. The van der Waals surface area contributed by atoms with Crippen LogP contribution in [0.25, 0.3) is 0 Å². The minimum absolute atomic E-state index is 0. The number of amides is 1. The maximum atomic E-state index is 13.0. The van der Waals surface area contributed by atoms with Gasteiger partial charge in [-0.3, -0.25) is 4.79 Å². The fraction of sp³-hybridized carbons (Fsp3) is 0.500. The molecule has 3 atom stereocenters. The Morgan fingerprint density at radius 1 is 1.24 bits per heavy atom. The summed E-state index contributed by atoms with van der Waals surface area (Å²) in [5.41, 5.74) is 1.23. The number of hydrogen-bond acceptors (Lipinski definition) is 4. The molecule has 3 heterocycles. The molecule has 1 N–H and O–H groups in total. The standard InChI is InChI=1S/C18H23N5O.ClH/c1-12-20-13(2)23(21-12)11-17(24)22-10-15-8-19-9-16(15)18(22)14-6-4-3-5-7-14;/h3-7,15-16,18-19H,8-11H2,1-2H3;1H/t15-,16-,18+;/m0./s1. The second-order valence-corrected chi connectivity index (χ2v) is 6.85. The highest BCUT2D eigenvalue weighted by atomic mass is 35.5. The molecular weight excluding hydrogens is 338 g/mol. The van der Waals surface area contributed by atoms with Gasteiger partial charge in [-0.1, -0.05) is 30.3 Å². The zero-order valence-corrected chi connectivity index (χ0v) is 15.4. The maximum Gasteiger partial charge on any atom is 0.244 e. The summed E-state index contributed by atoms with van der Waals surface area (Å²) in [6.45, 7) is 6.82. The van der Waals surface area contributed by atoms with E-state index in [4.69, 9.17) is 0 Å². The number of nitrogens with zero attached hydrogens (tertiary/aromatic N) is 4. The van der Waals surface area contributed by atoms with Gasteiger partial charge >= 0.3 is 0 Å². The van der Waals surface area contributed by atoms with Gasteiger partial charge in [0.1, 0.15) is 18.2 Å². The van der Waals surface area contributed by atoms with Crippen LogP contribution in [-0.2, 0) is 11.3 Å². The highest BCUT2D eigenvalue weighted by Crippen LogP contribution is 2.42. The number of rotatable bonds is 3. The molecule has 4 rings (SSSR count). The van der Waals surface area contributed by atoms with Gasteiger partial charge in [-0.05, 0) is 25.3 Å². The summed E-state index contributed by atoms with van der Waals surface area (Å²) in [5.74, 6) is 2.67. The van der Waals surface area contributed by atoms with Crippen molar-refractivity contribution in [2.45, 2.75) is 26.4 Å². The second-order valence-electron chi connectivity index (χ2n) is 6.85. The predicted molar refractivity (Wildman–Crippen MR) is 97.5 cm³/mol. The Hall–Kier alpha value is -1.92. The number of benzene rings is 1. The first-order valence-electron chi connectivity index (χ1n) is 8.56. The van der Waals surface area contributed by atoms with E-state index in [-0.39, 0.29) is 30.9 Å². The number of carbonyl (C=O) groups is 1. The van der Waals surface area contributed by atoms with Gasteiger partial charge in [-0.25, -0.2) is 9.67 Å². The fourth-order valence-corrected chi connectivity index (χ4v) is 4.18. The van der Waals surface area contributed by atoms with Crippen molar-refractivity contribution >= 4 is 18.3 Å². The Morgan fingerprint density at radius 3 is 2.68 bits per heavy atom.